The van der Waals surface area contributed by atoms with Crippen molar-refractivity contribution in [2.45, 2.75) is 47.0 Å². The SMILES string of the molecule is CCc1cc(OC/C=C(\F)Br)cc(CC)c1OCCCON=C(C)C. The van der Waals surface area contributed by atoms with Crippen molar-refractivity contribution >= 4 is 21.6 Å². The Labute approximate surface area is 158 Å². The summed E-state index contributed by atoms with van der Waals surface area (Å²) in [7, 11) is 0. The summed E-state index contributed by atoms with van der Waals surface area (Å²) in [6, 6.07) is 3.91. The normalized spacial score (nSPS) is 11.2. The fourth-order valence-corrected chi connectivity index (χ4v) is 2.32. The number of nitrogens with zero attached hydrogens (tertiary/aromatic N) is 1. The van der Waals surface area contributed by atoms with Crippen molar-refractivity contribution in [3.05, 3.63) is 34.1 Å². The van der Waals surface area contributed by atoms with Crippen LogP contribution in [-0.2, 0) is 17.7 Å². The summed E-state index contributed by atoms with van der Waals surface area (Å²) in [4.78, 5) is 5.18. The Hall–Kier alpha value is -1.56. The molecular weight excluding hydrogens is 389 g/mol. The van der Waals surface area contributed by atoms with Gasteiger partial charge in [-0.3, -0.25) is 0 Å². The number of hydrogen-bond acceptors (Lipinski definition) is 4. The number of halogens is 2. The van der Waals surface area contributed by atoms with Crippen LogP contribution < -0.4 is 9.47 Å². The number of benzene rings is 1. The van der Waals surface area contributed by atoms with E-state index in [9.17, 15) is 4.39 Å². The zero-order chi connectivity index (χ0) is 18.7. The van der Waals surface area contributed by atoms with E-state index in [1.165, 1.54) is 6.08 Å². The molecule has 1 aromatic carbocycles. The lowest BCUT2D eigenvalue weighted by Gasteiger charge is -2.17. The maximum absolute atomic E-state index is 12.7. The van der Waals surface area contributed by atoms with Gasteiger partial charge < -0.3 is 14.3 Å². The molecule has 0 fully saturated rings. The van der Waals surface area contributed by atoms with E-state index in [-0.39, 0.29) is 6.61 Å². The average molecular weight is 416 g/mol. The molecule has 0 unspecified atom stereocenters. The molecule has 0 radical (unpaired) electrons. The standard InChI is InChI=1S/C19H27BrFNO3/c1-5-15-12-17(23-11-8-18(20)21)13-16(6-2)19(15)24-9-7-10-25-22-14(3)4/h8,12-13H,5-7,9-11H2,1-4H3/b18-8-. The lowest BCUT2D eigenvalue weighted by atomic mass is 10.0. The fourth-order valence-electron chi connectivity index (χ4n) is 2.19. The Balaban J connectivity index is 2.71. The van der Waals surface area contributed by atoms with Crippen molar-refractivity contribution in [2.75, 3.05) is 19.8 Å². The fraction of sp³-hybridized carbons (Fsp3) is 0.526. The van der Waals surface area contributed by atoms with Gasteiger partial charge in [-0.1, -0.05) is 19.0 Å². The van der Waals surface area contributed by atoms with E-state index in [2.05, 4.69) is 34.9 Å². The number of rotatable bonds is 11. The van der Waals surface area contributed by atoms with Gasteiger partial charge in [-0.05, 0) is 72.0 Å². The molecule has 1 aromatic rings. The van der Waals surface area contributed by atoms with Gasteiger partial charge >= 0.3 is 0 Å². The van der Waals surface area contributed by atoms with Gasteiger partial charge in [0.1, 0.15) is 24.7 Å². The maximum Gasteiger partial charge on any atom is 0.165 e. The Bertz CT molecular complexity index is 569. The van der Waals surface area contributed by atoms with Gasteiger partial charge in [0.25, 0.3) is 0 Å². The Morgan fingerprint density at radius 3 is 2.28 bits per heavy atom. The molecule has 0 aliphatic rings. The van der Waals surface area contributed by atoms with Crippen molar-refractivity contribution in [2.24, 2.45) is 5.16 Å². The van der Waals surface area contributed by atoms with Crippen LogP contribution in [0.25, 0.3) is 0 Å². The largest absolute Gasteiger partial charge is 0.493 e. The quantitative estimate of drug-likeness (QED) is 0.269. The van der Waals surface area contributed by atoms with E-state index in [4.69, 9.17) is 14.3 Å². The first-order valence-corrected chi connectivity index (χ1v) is 9.32. The lowest BCUT2D eigenvalue weighted by molar-refractivity contribution is 0.127. The van der Waals surface area contributed by atoms with Crippen LogP contribution in [0, 0.1) is 0 Å². The molecule has 0 aliphatic heterocycles. The van der Waals surface area contributed by atoms with Gasteiger partial charge in [0.05, 0.1) is 12.3 Å². The van der Waals surface area contributed by atoms with Crippen LogP contribution in [0.4, 0.5) is 4.39 Å². The van der Waals surface area contributed by atoms with Crippen LogP contribution >= 0.6 is 15.9 Å². The predicted octanol–water partition coefficient (Wildman–Crippen LogP) is 5.58. The smallest absolute Gasteiger partial charge is 0.165 e. The highest BCUT2D eigenvalue weighted by Crippen LogP contribution is 2.31. The van der Waals surface area contributed by atoms with Crippen LogP contribution in [0.5, 0.6) is 11.5 Å². The summed E-state index contributed by atoms with van der Waals surface area (Å²) in [5, 5.41) is 3.90. The molecule has 140 valence electrons. The van der Waals surface area contributed by atoms with E-state index in [0.29, 0.717) is 13.2 Å². The molecular formula is C19H27BrFNO3. The Kier molecular flexibility index (Phi) is 10.2. The molecule has 0 heterocycles. The lowest BCUT2D eigenvalue weighted by Crippen LogP contribution is -2.06. The third-order valence-electron chi connectivity index (χ3n) is 3.34. The summed E-state index contributed by atoms with van der Waals surface area (Å²) in [6.45, 7) is 9.21. The molecule has 0 saturated carbocycles. The number of aryl methyl sites for hydroxylation is 2. The summed E-state index contributed by atoms with van der Waals surface area (Å²) in [5.41, 5.74) is 3.06. The van der Waals surface area contributed by atoms with E-state index in [1.54, 1.807) is 0 Å². The third-order valence-corrected chi connectivity index (χ3v) is 3.66. The molecule has 0 amide bonds. The first-order valence-electron chi connectivity index (χ1n) is 8.53. The average Bonchev–Trinajstić information content (AvgIpc) is 2.57. The van der Waals surface area contributed by atoms with Gasteiger partial charge in [-0.15, -0.1) is 0 Å². The number of oxime groups is 1. The minimum atomic E-state index is -0.427. The van der Waals surface area contributed by atoms with Gasteiger partial charge in [0.2, 0.25) is 0 Å². The topological polar surface area (TPSA) is 40.0 Å². The van der Waals surface area contributed by atoms with Crippen LogP contribution in [0.3, 0.4) is 0 Å². The zero-order valence-corrected chi connectivity index (χ0v) is 17.0. The molecule has 0 spiro atoms. The molecule has 0 saturated heterocycles. The van der Waals surface area contributed by atoms with Crippen LogP contribution in [0.15, 0.2) is 28.1 Å². The Morgan fingerprint density at radius 1 is 1.12 bits per heavy atom. The van der Waals surface area contributed by atoms with Crippen molar-refractivity contribution in [1.29, 1.82) is 0 Å². The molecule has 0 aliphatic carbocycles. The summed E-state index contributed by atoms with van der Waals surface area (Å²) < 4.78 is 23.9. The second-order valence-corrected chi connectivity index (χ2v) is 6.41. The first kappa shape index (κ1) is 21.5. The van der Waals surface area contributed by atoms with Gasteiger partial charge in [-0.25, -0.2) is 0 Å². The molecule has 4 nitrogen and oxygen atoms in total. The van der Waals surface area contributed by atoms with Crippen LogP contribution in [0.2, 0.25) is 0 Å². The molecule has 0 atom stereocenters. The van der Waals surface area contributed by atoms with Crippen molar-refractivity contribution in [1.82, 2.24) is 0 Å². The van der Waals surface area contributed by atoms with Crippen molar-refractivity contribution in [3.63, 3.8) is 0 Å². The monoisotopic (exact) mass is 415 g/mol. The second-order valence-electron chi connectivity index (χ2n) is 5.66. The molecule has 0 aromatic heterocycles. The summed E-state index contributed by atoms with van der Waals surface area (Å²) >= 11 is 2.75. The first-order chi connectivity index (χ1) is 12.0. The molecule has 1 rings (SSSR count). The maximum atomic E-state index is 12.7. The Morgan fingerprint density at radius 2 is 1.76 bits per heavy atom. The van der Waals surface area contributed by atoms with E-state index in [1.807, 2.05) is 26.0 Å². The molecule has 0 N–H and O–H groups in total. The molecule has 0 bridgehead atoms. The van der Waals surface area contributed by atoms with Crippen LogP contribution in [-0.4, -0.2) is 25.5 Å². The highest BCUT2D eigenvalue weighted by molar-refractivity contribution is 9.11. The number of ether oxygens (including phenoxy) is 2. The van der Waals surface area contributed by atoms with Crippen LogP contribution in [0.1, 0.15) is 45.2 Å². The molecule has 6 heteroatoms. The van der Waals surface area contributed by atoms with Gasteiger partial charge in [0.15, 0.2) is 4.74 Å². The zero-order valence-electron chi connectivity index (χ0n) is 15.4. The summed E-state index contributed by atoms with van der Waals surface area (Å²) in [6.07, 6.45) is 3.76. The van der Waals surface area contributed by atoms with Crippen molar-refractivity contribution in [3.8, 4) is 11.5 Å². The highest BCUT2D eigenvalue weighted by Gasteiger charge is 2.11. The molecule has 25 heavy (non-hydrogen) atoms. The predicted molar refractivity (Wildman–Crippen MR) is 104 cm³/mol. The van der Waals surface area contributed by atoms with Gasteiger partial charge in [0, 0.05) is 6.42 Å². The minimum Gasteiger partial charge on any atom is -0.493 e. The highest BCUT2D eigenvalue weighted by atomic mass is 79.9. The van der Waals surface area contributed by atoms with Crippen molar-refractivity contribution < 1.29 is 18.7 Å². The number of hydrogen-bond donors (Lipinski definition) is 0. The minimum absolute atomic E-state index is 0.179. The second kappa shape index (κ2) is 11.9. The summed E-state index contributed by atoms with van der Waals surface area (Å²) in [5.74, 6) is 1.64. The van der Waals surface area contributed by atoms with E-state index in [0.717, 1.165) is 47.6 Å². The third kappa shape index (κ3) is 8.38. The van der Waals surface area contributed by atoms with Gasteiger partial charge in [-0.2, -0.15) is 4.39 Å². The van der Waals surface area contributed by atoms with E-state index >= 15 is 0 Å². The van der Waals surface area contributed by atoms with E-state index < -0.39 is 4.74 Å².